The van der Waals surface area contributed by atoms with E-state index in [1.54, 1.807) is 24.3 Å². The Morgan fingerprint density at radius 1 is 0.800 bits per heavy atom. The van der Waals surface area contributed by atoms with Crippen molar-refractivity contribution in [1.82, 2.24) is 0 Å². The van der Waals surface area contributed by atoms with E-state index in [9.17, 15) is 9.59 Å². The Hall–Kier alpha value is -1.80. The van der Waals surface area contributed by atoms with Gasteiger partial charge in [0.25, 0.3) is 0 Å². The summed E-state index contributed by atoms with van der Waals surface area (Å²) in [6, 6.07) is 6.53. The molecule has 1 aromatic carbocycles. The summed E-state index contributed by atoms with van der Waals surface area (Å²) in [5, 5.41) is 34.0. The van der Waals surface area contributed by atoms with Crippen LogP contribution in [0.4, 0.5) is 0 Å². The molecule has 0 amide bonds. The smallest absolute Gasteiger partial charge is 0.346 e. The van der Waals surface area contributed by atoms with E-state index >= 15 is 0 Å². The molecule has 1 aliphatic heterocycles. The van der Waals surface area contributed by atoms with Crippen molar-refractivity contribution in [2.45, 2.75) is 0 Å². The summed E-state index contributed by atoms with van der Waals surface area (Å²) in [6.07, 6.45) is 0. The maximum atomic E-state index is 10.8. The first-order valence-corrected chi connectivity index (χ1v) is 5.82. The molecule has 20 heavy (non-hydrogen) atoms. The van der Waals surface area contributed by atoms with Crippen LogP contribution >= 0.6 is 0 Å². The second-order valence-electron chi connectivity index (χ2n) is 4.36. The van der Waals surface area contributed by atoms with E-state index in [0.29, 0.717) is 11.1 Å². The van der Waals surface area contributed by atoms with Crippen LogP contribution in [-0.2, 0) is 4.74 Å². The van der Waals surface area contributed by atoms with E-state index in [2.05, 4.69) is 4.74 Å². The largest absolute Gasteiger partial charge is 0.396 e. The Labute approximate surface area is 115 Å². The average Bonchev–Trinajstić information content (AvgIpc) is 2.79. The summed E-state index contributed by atoms with van der Waals surface area (Å²) in [5.74, 6) is -1.10. The number of cyclic esters (lactones) is 2. The third-order valence-electron chi connectivity index (χ3n) is 2.89. The molecule has 1 heterocycles. The van der Waals surface area contributed by atoms with Gasteiger partial charge in [0, 0.05) is 0 Å². The molecule has 0 saturated carbocycles. The fourth-order valence-corrected chi connectivity index (χ4v) is 1.33. The number of aliphatic hydroxyl groups is 4. The highest BCUT2D eigenvalue weighted by Gasteiger charge is 2.28. The normalized spacial score (nSPS) is 13.4. The van der Waals surface area contributed by atoms with E-state index in [1.165, 1.54) is 0 Å². The molecule has 4 N–H and O–H groups in total. The highest BCUT2D eigenvalue weighted by Crippen LogP contribution is 2.18. The monoisotopic (exact) mass is 284 g/mol. The van der Waals surface area contributed by atoms with Crippen LogP contribution in [-0.4, -0.2) is 58.8 Å². The van der Waals surface area contributed by atoms with Gasteiger partial charge in [0.2, 0.25) is 0 Å². The molecule has 0 aromatic heterocycles. The molecular formula is C13H16O7. The molecule has 0 spiro atoms. The number of aliphatic hydroxyl groups excluding tert-OH is 4. The molecule has 2 rings (SSSR count). The number of hydrogen-bond acceptors (Lipinski definition) is 7. The molecular weight excluding hydrogens is 268 g/mol. The van der Waals surface area contributed by atoms with Crippen LogP contribution in [0.1, 0.15) is 20.7 Å². The van der Waals surface area contributed by atoms with Gasteiger partial charge >= 0.3 is 11.9 Å². The quantitative estimate of drug-likeness (QED) is 0.410. The molecule has 7 heteroatoms. The van der Waals surface area contributed by atoms with Gasteiger partial charge in [-0.25, -0.2) is 9.59 Å². The Kier molecular flexibility index (Phi) is 5.78. The molecule has 7 nitrogen and oxygen atoms in total. The Morgan fingerprint density at radius 3 is 1.40 bits per heavy atom. The van der Waals surface area contributed by atoms with Gasteiger partial charge in [-0.3, -0.25) is 0 Å². The topological polar surface area (TPSA) is 124 Å². The van der Waals surface area contributed by atoms with Gasteiger partial charge in [-0.2, -0.15) is 0 Å². The van der Waals surface area contributed by atoms with Crippen molar-refractivity contribution in [3.8, 4) is 0 Å². The lowest BCUT2D eigenvalue weighted by molar-refractivity contribution is -0.0328. The lowest BCUT2D eigenvalue weighted by Gasteiger charge is -2.23. The van der Waals surface area contributed by atoms with Crippen molar-refractivity contribution in [2.24, 2.45) is 5.41 Å². The standard InChI is InChI=1S/C8H4O3.C5H12O4/c9-7-5-3-1-2-4-6(5)8(10)11-7;6-1-5(2-7,3-8)4-9/h1-4H;6-9H,1-4H2. The third-order valence-corrected chi connectivity index (χ3v) is 2.89. The number of benzene rings is 1. The second kappa shape index (κ2) is 7.11. The van der Waals surface area contributed by atoms with E-state index in [1.807, 2.05) is 0 Å². The van der Waals surface area contributed by atoms with Crippen LogP contribution < -0.4 is 0 Å². The number of fused-ring (bicyclic) bond motifs is 1. The van der Waals surface area contributed by atoms with E-state index < -0.39 is 43.8 Å². The predicted molar refractivity (Wildman–Crippen MR) is 67.0 cm³/mol. The zero-order valence-corrected chi connectivity index (χ0v) is 10.7. The third kappa shape index (κ3) is 3.40. The molecule has 1 aliphatic rings. The van der Waals surface area contributed by atoms with Crippen LogP contribution in [0.15, 0.2) is 24.3 Å². The van der Waals surface area contributed by atoms with Crippen LogP contribution in [0.5, 0.6) is 0 Å². The zero-order chi connectivity index (χ0) is 15.2. The minimum absolute atomic E-state index is 0.359. The lowest BCUT2D eigenvalue weighted by Crippen LogP contribution is -2.37. The molecule has 0 saturated heterocycles. The van der Waals surface area contributed by atoms with Crippen molar-refractivity contribution < 1.29 is 34.8 Å². The van der Waals surface area contributed by atoms with Crippen LogP contribution in [0.2, 0.25) is 0 Å². The molecule has 1 aromatic rings. The van der Waals surface area contributed by atoms with Crippen molar-refractivity contribution in [2.75, 3.05) is 26.4 Å². The first-order chi connectivity index (χ1) is 9.53. The molecule has 0 aliphatic carbocycles. The molecule has 110 valence electrons. The van der Waals surface area contributed by atoms with Gasteiger partial charge in [-0.15, -0.1) is 0 Å². The molecule has 0 atom stereocenters. The fourth-order valence-electron chi connectivity index (χ4n) is 1.33. The number of carbonyl (C=O) groups is 2. The minimum atomic E-state index is -1.11. The first-order valence-electron chi connectivity index (χ1n) is 5.82. The minimum Gasteiger partial charge on any atom is -0.396 e. The van der Waals surface area contributed by atoms with Crippen molar-refractivity contribution in [3.05, 3.63) is 35.4 Å². The predicted octanol–water partition coefficient (Wildman–Crippen LogP) is -1.06. The second-order valence-corrected chi connectivity index (χ2v) is 4.36. The Balaban J connectivity index is 0.000000206. The maximum absolute atomic E-state index is 10.8. The SMILES string of the molecule is O=C1OC(=O)c2ccccc21.OCC(CO)(CO)CO. The van der Waals surface area contributed by atoms with Gasteiger partial charge in [-0.05, 0) is 12.1 Å². The lowest BCUT2D eigenvalue weighted by atomic mass is 9.93. The molecule has 0 fully saturated rings. The first kappa shape index (κ1) is 16.3. The van der Waals surface area contributed by atoms with Gasteiger partial charge in [-0.1, -0.05) is 12.1 Å². The fraction of sp³-hybridized carbons (Fsp3) is 0.385. The van der Waals surface area contributed by atoms with E-state index in [-0.39, 0.29) is 0 Å². The summed E-state index contributed by atoms with van der Waals surface area (Å²) < 4.78 is 4.35. The van der Waals surface area contributed by atoms with Gasteiger partial charge in [0.15, 0.2) is 0 Å². The number of ether oxygens (including phenoxy) is 1. The number of rotatable bonds is 4. The molecule has 0 radical (unpaired) electrons. The van der Waals surface area contributed by atoms with Gasteiger partial charge < -0.3 is 25.2 Å². The summed E-state index contributed by atoms with van der Waals surface area (Å²) >= 11 is 0. The van der Waals surface area contributed by atoms with Crippen LogP contribution in [0, 0.1) is 5.41 Å². The van der Waals surface area contributed by atoms with Crippen molar-refractivity contribution in [1.29, 1.82) is 0 Å². The van der Waals surface area contributed by atoms with Gasteiger partial charge in [0.05, 0.1) is 43.0 Å². The number of carbonyl (C=O) groups excluding carboxylic acids is 2. The summed E-state index contributed by atoms with van der Waals surface area (Å²) in [7, 11) is 0. The van der Waals surface area contributed by atoms with Crippen molar-refractivity contribution in [3.63, 3.8) is 0 Å². The summed E-state index contributed by atoms with van der Waals surface area (Å²) in [5.41, 5.74) is -0.394. The number of hydrogen-bond donors (Lipinski definition) is 4. The maximum Gasteiger partial charge on any atom is 0.346 e. The van der Waals surface area contributed by atoms with Gasteiger partial charge in [0.1, 0.15) is 0 Å². The Bertz CT molecular complexity index is 429. The average molecular weight is 284 g/mol. The Morgan fingerprint density at radius 2 is 1.15 bits per heavy atom. The van der Waals surface area contributed by atoms with E-state index in [4.69, 9.17) is 20.4 Å². The van der Waals surface area contributed by atoms with E-state index in [0.717, 1.165) is 0 Å². The highest BCUT2D eigenvalue weighted by atomic mass is 16.6. The number of esters is 2. The summed E-state index contributed by atoms with van der Waals surface area (Å²) in [6.45, 7) is -1.62. The highest BCUT2D eigenvalue weighted by molar-refractivity contribution is 6.14. The zero-order valence-electron chi connectivity index (χ0n) is 10.7. The van der Waals surface area contributed by atoms with Crippen molar-refractivity contribution >= 4 is 11.9 Å². The van der Waals surface area contributed by atoms with Crippen LogP contribution in [0.3, 0.4) is 0 Å². The summed E-state index contributed by atoms with van der Waals surface area (Å²) in [4.78, 5) is 21.7. The van der Waals surface area contributed by atoms with Crippen LogP contribution in [0.25, 0.3) is 0 Å². The molecule has 0 unspecified atom stereocenters. The molecule has 0 bridgehead atoms.